The second kappa shape index (κ2) is 9.50. The van der Waals surface area contributed by atoms with Crippen LogP contribution in [0, 0.1) is 0 Å². The molecule has 32 heavy (non-hydrogen) atoms. The molecule has 3 aromatic carbocycles. The van der Waals surface area contributed by atoms with Gasteiger partial charge in [0.25, 0.3) is 0 Å². The lowest BCUT2D eigenvalue weighted by molar-refractivity contribution is -0.561. The summed E-state index contributed by atoms with van der Waals surface area (Å²) in [6.07, 6.45) is 0.954. The van der Waals surface area contributed by atoms with Crippen molar-refractivity contribution < 1.29 is 18.5 Å². The third-order valence-electron chi connectivity index (χ3n) is 5.28. The molecule has 0 spiro atoms. The summed E-state index contributed by atoms with van der Waals surface area (Å²) in [5.41, 5.74) is 4.34. The Morgan fingerprint density at radius 2 is 1.81 bits per heavy atom. The SMILES string of the molecule is O=C(NCc1cccc(Cl)c1Cl)Nc1ccc(S(=O)(=O)Cc2ccc3c(c2)CC[NH2+]3)cc1. The second-order valence-corrected chi connectivity index (χ2v) is 10.4. The van der Waals surface area contributed by atoms with Crippen molar-refractivity contribution in [2.45, 2.75) is 23.6 Å². The zero-order valence-electron chi connectivity index (χ0n) is 17.1. The van der Waals surface area contributed by atoms with E-state index in [0.717, 1.165) is 18.5 Å². The molecular weight excluding hydrogens is 469 g/mol. The number of urea groups is 1. The summed E-state index contributed by atoms with van der Waals surface area (Å²) in [5.74, 6) is -0.0616. The number of rotatable bonds is 6. The van der Waals surface area contributed by atoms with Crippen LogP contribution in [0.1, 0.15) is 16.7 Å². The van der Waals surface area contributed by atoms with Gasteiger partial charge in [0, 0.05) is 24.2 Å². The number of amides is 2. The molecule has 2 amide bonds. The van der Waals surface area contributed by atoms with E-state index >= 15 is 0 Å². The first-order chi connectivity index (χ1) is 15.3. The Morgan fingerprint density at radius 3 is 2.59 bits per heavy atom. The number of sulfone groups is 1. The predicted octanol–water partition coefficient (Wildman–Crippen LogP) is 4.04. The maximum atomic E-state index is 12.8. The number of hydrogen-bond donors (Lipinski definition) is 3. The molecule has 166 valence electrons. The molecular formula is C23H22Cl2N3O3S+. The fourth-order valence-corrected chi connectivity index (χ4v) is 5.35. The van der Waals surface area contributed by atoms with E-state index in [4.69, 9.17) is 23.2 Å². The van der Waals surface area contributed by atoms with Gasteiger partial charge in [0.05, 0.1) is 27.2 Å². The molecule has 0 saturated heterocycles. The molecule has 4 rings (SSSR count). The molecule has 3 aromatic rings. The Bertz CT molecular complexity index is 1260. The van der Waals surface area contributed by atoms with Crippen LogP contribution in [0.2, 0.25) is 10.0 Å². The number of nitrogens with two attached hydrogens (primary N) is 1. The van der Waals surface area contributed by atoms with E-state index in [-0.39, 0.29) is 17.2 Å². The van der Waals surface area contributed by atoms with Gasteiger partial charge in [-0.15, -0.1) is 0 Å². The number of hydrogen-bond acceptors (Lipinski definition) is 3. The van der Waals surface area contributed by atoms with Gasteiger partial charge in [-0.25, -0.2) is 13.2 Å². The summed E-state index contributed by atoms with van der Waals surface area (Å²) >= 11 is 12.1. The van der Waals surface area contributed by atoms with Crippen molar-refractivity contribution >= 4 is 50.4 Å². The Balaban J connectivity index is 1.36. The number of quaternary nitrogens is 1. The molecule has 1 heterocycles. The Hall–Kier alpha value is -2.58. The van der Waals surface area contributed by atoms with E-state index in [0.29, 0.717) is 21.3 Å². The van der Waals surface area contributed by atoms with Crippen LogP contribution in [-0.4, -0.2) is 21.0 Å². The van der Waals surface area contributed by atoms with Crippen LogP contribution in [-0.2, 0) is 28.6 Å². The van der Waals surface area contributed by atoms with E-state index in [1.165, 1.54) is 23.4 Å². The summed E-state index contributed by atoms with van der Waals surface area (Å²) < 4.78 is 25.6. The summed E-state index contributed by atoms with van der Waals surface area (Å²) in [6.45, 7) is 1.20. The molecule has 4 N–H and O–H groups in total. The summed E-state index contributed by atoms with van der Waals surface area (Å²) in [5, 5.41) is 8.36. The van der Waals surface area contributed by atoms with E-state index in [9.17, 15) is 13.2 Å². The number of halogens is 2. The van der Waals surface area contributed by atoms with Crippen LogP contribution >= 0.6 is 23.2 Å². The predicted molar refractivity (Wildman–Crippen MR) is 126 cm³/mol. The minimum atomic E-state index is -3.50. The lowest BCUT2D eigenvalue weighted by Gasteiger charge is -2.10. The molecule has 9 heteroatoms. The number of nitrogens with one attached hydrogen (secondary N) is 2. The average Bonchev–Trinajstić information content (AvgIpc) is 3.23. The molecule has 0 fully saturated rings. The van der Waals surface area contributed by atoms with Crippen molar-refractivity contribution in [3.63, 3.8) is 0 Å². The van der Waals surface area contributed by atoms with Crippen LogP contribution in [0.25, 0.3) is 0 Å². The monoisotopic (exact) mass is 490 g/mol. The fraction of sp³-hybridized carbons (Fsp3) is 0.174. The molecule has 0 unspecified atom stereocenters. The van der Waals surface area contributed by atoms with Gasteiger partial charge in [-0.05, 0) is 53.6 Å². The van der Waals surface area contributed by atoms with Crippen molar-refractivity contribution in [1.82, 2.24) is 5.32 Å². The van der Waals surface area contributed by atoms with Gasteiger partial charge in [0.15, 0.2) is 9.84 Å². The smallest absolute Gasteiger partial charge is 0.319 e. The molecule has 0 saturated carbocycles. The van der Waals surface area contributed by atoms with Crippen molar-refractivity contribution in [2.75, 3.05) is 11.9 Å². The summed E-state index contributed by atoms with van der Waals surface area (Å²) in [6, 6.07) is 16.7. The second-order valence-electron chi connectivity index (χ2n) is 7.58. The third kappa shape index (κ3) is 5.24. The zero-order chi connectivity index (χ0) is 22.7. The van der Waals surface area contributed by atoms with Crippen LogP contribution < -0.4 is 16.0 Å². The quantitative estimate of drug-likeness (QED) is 0.455. The molecule has 0 aromatic heterocycles. The van der Waals surface area contributed by atoms with Gasteiger partial charge in [0.2, 0.25) is 0 Å². The van der Waals surface area contributed by atoms with E-state index in [1.54, 1.807) is 30.3 Å². The number of carbonyl (C=O) groups excluding carboxylic acids is 1. The van der Waals surface area contributed by atoms with Gasteiger partial charge in [-0.1, -0.05) is 41.4 Å². The molecule has 0 bridgehead atoms. The van der Waals surface area contributed by atoms with E-state index < -0.39 is 15.9 Å². The first kappa shape index (κ1) is 22.6. The van der Waals surface area contributed by atoms with Gasteiger partial charge in [-0.3, -0.25) is 0 Å². The molecule has 1 aliphatic heterocycles. The Morgan fingerprint density at radius 1 is 1.03 bits per heavy atom. The van der Waals surface area contributed by atoms with E-state index in [1.807, 2.05) is 18.2 Å². The highest BCUT2D eigenvalue weighted by Gasteiger charge is 2.19. The lowest BCUT2D eigenvalue weighted by Crippen LogP contribution is -2.75. The summed E-state index contributed by atoms with van der Waals surface area (Å²) in [4.78, 5) is 12.4. The highest BCUT2D eigenvalue weighted by atomic mass is 35.5. The van der Waals surface area contributed by atoms with Gasteiger partial charge >= 0.3 is 6.03 Å². The number of benzene rings is 3. The van der Waals surface area contributed by atoms with Gasteiger partial charge in [-0.2, -0.15) is 0 Å². The Kier molecular flexibility index (Phi) is 6.71. The standard InChI is InChI=1S/C23H21Cl2N3O3S/c24-20-3-1-2-17(22(20)25)13-27-23(29)28-18-5-7-19(8-6-18)32(30,31)14-15-4-9-21-16(12-15)10-11-26-21/h1-9,12,26H,10-11,13-14H2,(H2,27,28,29)/p+1. The topological polar surface area (TPSA) is 91.9 Å². The third-order valence-corrected chi connectivity index (χ3v) is 7.85. The molecule has 0 aliphatic carbocycles. The lowest BCUT2D eigenvalue weighted by atomic mass is 10.1. The van der Waals surface area contributed by atoms with Gasteiger partial charge in [0.1, 0.15) is 5.69 Å². The maximum absolute atomic E-state index is 12.8. The largest absolute Gasteiger partial charge is 0.334 e. The first-order valence-electron chi connectivity index (χ1n) is 10.1. The van der Waals surface area contributed by atoms with Crippen molar-refractivity contribution in [3.8, 4) is 0 Å². The highest BCUT2D eigenvalue weighted by Crippen LogP contribution is 2.25. The van der Waals surface area contributed by atoms with Crippen LogP contribution in [0.15, 0.2) is 65.6 Å². The van der Waals surface area contributed by atoms with Crippen molar-refractivity contribution in [2.24, 2.45) is 0 Å². The normalized spacial score (nSPS) is 12.9. The Labute approximate surface area is 196 Å². The zero-order valence-corrected chi connectivity index (χ0v) is 19.4. The molecule has 6 nitrogen and oxygen atoms in total. The van der Waals surface area contributed by atoms with Gasteiger partial charge < -0.3 is 16.0 Å². The molecule has 0 radical (unpaired) electrons. The van der Waals surface area contributed by atoms with Crippen LogP contribution in [0.5, 0.6) is 0 Å². The fourth-order valence-electron chi connectivity index (χ4n) is 3.63. The van der Waals surface area contributed by atoms with Crippen LogP contribution in [0.3, 0.4) is 0 Å². The minimum absolute atomic E-state index is 0.0616. The maximum Gasteiger partial charge on any atom is 0.319 e. The summed E-state index contributed by atoms with van der Waals surface area (Å²) in [7, 11) is -3.50. The van der Waals surface area contributed by atoms with Crippen molar-refractivity contribution in [1.29, 1.82) is 0 Å². The van der Waals surface area contributed by atoms with E-state index in [2.05, 4.69) is 16.0 Å². The minimum Gasteiger partial charge on any atom is -0.334 e. The average molecular weight is 491 g/mol. The first-order valence-corrected chi connectivity index (χ1v) is 12.5. The molecule has 0 atom stereocenters. The number of carbonyl (C=O) groups is 1. The highest BCUT2D eigenvalue weighted by molar-refractivity contribution is 7.90. The van der Waals surface area contributed by atoms with Crippen LogP contribution in [0.4, 0.5) is 16.2 Å². The number of anilines is 1. The number of fused-ring (bicyclic) bond motifs is 1. The molecule has 1 aliphatic rings. The van der Waals surface area contributed by atoms with Crippen molar-refractivity contribution in [3.05, 3.63) is 87.4 Å².